The van der Waals surface area contributed by atoms with E-state index in [9.17, 15) is 9.59 Å². The second kappa shape index (κ2) is 10.2. The van der Waals surface area contributed by atoms with Crippen LogP contribution in [0.15, 0.2) is 29.6 Å². The third-order valence-corrected chi connectivity index (χ3v) is 8.39. The van der Waals surface area contributed by atoms with Gasteiger partial charge in [-0.2, -0.15) is 0 Å². The molecule has 0 saturated carbocycles. The van der Waals surface area contributed by atoms with Gasteiger partial charge in [0.1, 0.15) is 0 Å². The van der Waals surface area contributed by atoms with Gasteiger partial charge >= 0.3 is 0 Å². The standard InChI is InChI=1S/C27H38N4O2S/c1-19-7-9-20(10-8-19)24-22(11-12-23(32)29(24)5)25(33)31-14-6-13-30(15-16-31)17-21-18-34-26(28-21)27(2,3)4/h7-10,18,22,24H,6,11-17H2,1-5H3. The molecule has 7 heteroatoms. The lowest BCUT2D eigenvalue weighted by atomic mass is 9.83. The zero-order chi connectivity index (χ0) is 24.5. The van der Waals surface area contributed by atoms with E-state index in [1.54, 1.807) is 16.2 Å². The number of amides is 2. The van der Waals surface area contributed by atoms with Crippen molar-refractivity contribution in [3.05, 3.63) is 51.5 Å². The van der Waals surface area contributed by atoms with E-state index in [4.69, 9.17) is 4.98 Å². The monoisotopic (exact) mass is 482 g/mol. The molecule has 1 aromatic carbocycles. The molecule has 2 unspecified atom stereocenters. The zero-order valence-electron chi connectivity index (χ0n) is 21.2. The van der Waals surface area contributed by atoms with Crippen LogP contribution in [0.25, 0.3) is 0 Å². The van der Waals surface area contributed by atoms with E-state index in [-0.39, 0.29) is 29.2 Å². The van der Waals surface area contributed by atoms with Crippen molar-refractivity contribution in [2.75, 3.05) is 33.2 Å². The predicted octanol–water partition coefficient (Wildman–Crippen LogP) is 4.39. The van der Waals surface area contributed by atoms with E-state index in [1.165, 1.54) is 10.6 Å². The Balaban J connectivity index is 1.43. The van der Waals surface area contributed by atoms with Crippen LogP contribution in [0, 0.1) is 12.8 Å². The Morgan fingerprint density at radius 1 is 1.12 bits per heavy atom. The molecule has 2 aliphatic rings. The minimum Gasteiger partial charge on any atom is -0.341 e. The molecule has 1 aromatic heterocycles. The largest absolute Gasteiger partial charge is 0.341 e. The molecule has 3 heterocycles. The van der Waals surface area contributed by atoms with Crippen molar-refractivity contribution in [3.8, 4) is 0 Å². The lowest BCUT2D eigenvalue weighted by molar-refractivity contribution is -0.146. The average molecular weight is 483 g/mol. The molecule has 2 aliphatic heterocycles. The lowest BCUT2D eigenvalue weighted by Gasteiger charge is -2.40. The van der Waals surface area contributed by atoms with Crippen LogP contribution < -0.4 is 0 Å². The highest BCUT2D eigenvalue weighted by atomic mass is 32.1. The second-order valence-electron chi connectivity index (χ2n) is 10.9. The van der Waals surface area contributed by atoms with Crippen molar-refractivity contribution in [1.29, 1.82) is 0 Å². The fourth-order valence-corrected chi connectivity index (χ4v) is 5.95. The first-order chi connectivity index (χ1) is 16.1. The van der Waals surface area contributed by atoms with E-state index < -0.39 is 0 Å². The number of carbonyl (C=O) groups excluding carboxylic acids is 2. The predicted molar refractivity (Wildman–Crippen MR) is 137 cm³/mol. The third-order valence-electron chi connectivity index (χ3n) is 7.08. The minimum absolute atomic E-state index is 0.0768. The molecule has 4 rings (SSSR count). The van der Waals surface area contributed by atoms with Crippen LogP contribution in [0.4, 0.5) is 0 Å². The number of nitrogens with zero attached hydrogens (tertiary/aromatic N) is 4. The number of rotatable bonds is 4. The smallest absolute Gasteiger partial charge is 0.228 e. The first-order valence-corrected chi connectivity index (χ1v) is 13.3. The van der Waals surface area contributed by atoms with Crippen molar-refractivity contribution >= 4 is 23.2 Å². The molecule has 2 amide bonds. The number of benzene rings is 1. The van der Waals surface area contributed by atoms with Crippen LogP contribution in [0.3, 0.4) is 0 Å². The molecule has 34 heavy (non-hydrogen) atoms. The number of hydrogen-bond acceptors (Lipinski definition) is 5. The van der Waals surface area contributed by atoms with Gasteiger partial charge < -0.3 is 9.80 Å². The lowest BCUT2D eigenvalue weighted by Crippen LogP contribution is -2.48. The van der Waals surface area contributed by atoms with Crippen LogP contribution in [0.1, 0.15) is 67.9 Å². The SMILES string of the molecule is Cc1ccc(C2C(C(=O)N3CCCN(Cc4csc(C(C)(C)C)n4)CC3)CCC(=O)N2C)cc1. The molecule has 2 aromatic rings. The average Bonchev–Trinajstić information content (AvgIpc) is 3.15. The summed E-state index contributed by atoms with van der Waals surface area (Å²) in [4.78, 5) is 37.4. The highest BCUT2D eigenvalue weighted by Gasteiger charge is 2.40. The van der Waals surface area contributed by atoms with Crippen molar-refractivity contribution in [1.82, 2.24) is 19.7 Å². The van der Waals surface area contributed by atoms with Gasteiger partial charge in [-0.25, -0.2) is 4.98 Å². The van der Waals surface area contributed by atoms with Gasteiger partial charge in [-0.05, 0) is 25.3 Å². The molecule has 6 nitrogen and oxygen atoms in total. The van der Waals surface area contributed by atoms with Gasteiger partial charge in [-0.3, -0.25) is 14.5 Å². The molecule has 2 saturated heterocycles. The first-order valence-electron chi connectivity index (χ1n) is 12.4. The Kier molecular flexibility index (Phi) is 7.43. The normalized spacial score (nSPS) is 22.7. The Morgan fingerprint density at radius 3 is 2.53 bits per heavy atom. The summed E-state index contributed by atoms with van der Waals surface area (Å²) in [5.74, 6) is 0.120. The van der Waals surface area contributed by atoms with Crippen molar-refractivity contribution in [3.63, 3.8) is 0 Å². The Bertz CT molecular complexity index is 1010. The van der Waals surface area contributed by atoms with E-state index in [0.29, 0.717) is 12.8 Å². The zero-order valence-corrected chi connectivity index (χ0v) is 22.0. The fourth-order valence-electron chi connectivity index (χ4n) is 5.05. The number of likely N-dealkylation sites (tertiary alicyclic amines) is 1. The summed E-state index contributed by atoms with van der Waals surface area (Å²) in [6, 6.07) is 8.08. The van der Waals surface area contributed by atoms with Gasteiger partial charge in [0, 0.05) is 57.0 Å². The Hall–Kier alpha value is -2.25. The fraction of sp³-hybridized carbons (Fsp3) is 0.593. The van der Waals surface area contributed by atoms with Crippen molar-refractivity contribution in [2.45, 2.75) is 65.0 Å². The maximum absolute atomic E-state index is 13.7. The Morgan fingerprint density at radius 2 is 1.85 bits per heavy atom. The van der Waals surface area contributed by atoms with Crippen molar-refractivity contribution < 1.29 is 9.59 Å². The van der Waals surface area contributed by atoms with Gasteiger partial charge in [0.25, 0.3) is 0 Å². The molecule has 184 valence electrons. The number of thiazole rings is 1. The molecule has 0 aliphatic carbocycles. The highest BCUT2D eigenvalue weighted by Crippen LogP contribution is 2.37. The third kappa shape index (κ3) is 5.52. The maximum atomic E-state index is 13.7. The minimum atomic E-state index is -0.195. The molecule has 0 N–H and O–H groups in total. The van der Waals surface area contributed by atoms with Crippen molar-refractivity contribution in [2.24, 2.45) is 5.92 Å². The quantitative estimate of drug-likeness (QED) is 0.648. The van der Waals surface area contributed by atoms with Crippen LogP contribution in [0.5, 0.6) is 0 Å². The summed E-state index contributed by atoms with van der Waals surface area (Å²) in [5, 5.41) is 3.35. The summed E-state index contributed by atoms with van der Waals surface area (Å²) < 4.78 is 0. The molecular formula is C27H38N4O2S. The molecule has 2 fully saturated rings. The highest BCUT2D eigenvalue weighted by molar-refractivity contribution is 7.09. The van der Waals surface area contributed by atoms with E-state index in [2.05, 4.69) is 62.2 Å². The number of aryl methyl sites for hydroxylation is 1. The van der Waals surface area contributed by atoms with Crippen LogP contribution in [0.2, 0.25) is 0 Å². The topological polar surface area (TPSA) is 56.8 Å². The second-order valence-corrected chi connectivity index (χ2v) is 11.7. The van der Waals surface area contributed by atoms with Gasteiger partial charge in [-0.15, -0.1) is 11.3 Å². The van der Waals surface area contributed by atoms with Gasteiger partial charge in [-0.1, -0.05) is 50.6 Å². The maximum Gasteiger partial charge on any atom is 0.228 e. The molecular weight excluding hydrogens is 444 g/mol. The van der Waals surface area contributed by atoms with Crippen LogP contribution in [-0.2, 0) is 21.5 Å². The van der Waals surface area contributed by atoms with Gasteiger partial charge in [0.05, 0.1) is 22.7 Å². The van der Waals surface area contributed by atoms with E-state index >= 15 is 0 Å². The number of aromatic nitrogens is 1. The van der Waals surface area contributed by atoms with E-state index in [0.717, 1.165) is 50.4 Å². The summed E-state index contributed by atoms with van der Waals surface area (Å²) in [6.45, 7) is 12.8. The molecule has 0 radical (unpaired) electrons. The van der Waals surface area contributed by atoms with Gasteiger partial charge in [0.2, 0.25) is 11.8 Å². The summed E-state index contributed by atoms with van der Waals surface area (Å²) in [5.41, 5.74) is 3.43. The summed E-state index contributed by atoms with van der Waals surface area (Å²) >= 11 is 1.74. The number of piperidine rings is 1. The van der Waals surface area contributed by atoms with Crippen LogP contribution in [-0.4, -0.2) is 64.7 Å². The van der Waals surface area contributed by atoms with Crippen LogP contribution >= 0.6 is 11.3 Å². The molecule has 2 atom stereocenters. The molecule has 0 bridgehead atoms. The molecule has 0 spiro atoms. The summed E-state index contributed by atoms with van der Waals surface area (Å²) in [6.07, 6.45) is 2.02. The van der Waals surface area contributed by atoms with Gasteiger partial charge in [0.15, 0.2) is 0 Å². The number of carbonyl (C=O) groups is 2. The summed E-state index contributed by atoms with van der Waals surface area (Å²) in [7, 11) is 1.84. The Labute approximate surface area is 208 Å². The first kappa shape index (κ1) is 24.9. The number of hydrogen-bond donors (Lipinski definition) is 0. The van der Waals surface area contributed by atoms with E-state index in [1.807, 2.05) is 11.9 Å².